The molecule has 1 fully saturated rings. The summed E-state index contributed by atoms with van der Waals surface area (Å²) in [6.07, 6.45) is 6.66. The van der Waals surface area contributed by atoms with E-state index in [2.05, 4.69) is 24.8 Å². The van der Waals surface area contributed by atoms with Gasteiger partial charge in [-0.15, -0.1) is 0 Å². The van der Waals surface area contributed by atoms with Crippen molar-refractivity contribution in [2.24, 2.45) is 11.8 Å². The zero-order valence-electron chi connectivity index (χ0n) is 19.9. The van der Waals surface area contributed by atoms with Crippen molar-refractivity contribution in [3.8, 4) is 0 Å². The van der Waals surface area contributed by atoms with Crippen molar-refractivity contribution in [3.05, 3.63) is 52.7 Å². The molecule has 32 heavy (non-hydrogen) atoms. The summed E-state index contributed by atoms with van der Waals surface area (Å²) in [6.45, 7) is 10.8. The molecule has 0 saturated carbocycles. The zero-order valence-corrected chi connectivity index (χ0v) is 19.9. The number of rotatable bonds is 5. The van der Waals surface area contributed by atoms with Gasteiger partial charge in [0.2, 0.25) is 0 Å². The van der Waals surface area contributed by atoms with E-state index in [4.69, 9.17) is 4.98 Å². The van der Waals surface area contributed by atoms with Gasteiger partial charge in [0.25, 0.3) is 5.91 Å². The highest BCUT2D eigenvalue weighted by molar-refractivity contribution is 5.99. The summed E-state index contributed by atoms with van der Waals surface area (Å²) in [4.78, 5) is 34.6. The van der Waals surface area contributed by atoms with Crippen LogP contribution in [0.15, 0.2) is 30.5 Å². The summed E-state index contributed by atoms with van der Waals surface area (Å²) >= 11 is 0. The first kappa shape index (κ1) is 22.5. The van der Waals surface area contributed by atoms with E-state index >= 15 is 0 Å². The fourth-order valence-corrected chi connectivity index (χ4v) is 4.82. The van der Waals surface area contributed by atoms with Gasteiger partial charge in [0, 0.05) is 43.0 Å². The second kappa shape index (κ2) is 9.43. The Morgan fingerprint density at radius 3 is 2.56 bits per heavy atom. The van der Waals surface area contributed by atoms with E-state index in [1.807, 2.05) is 36.9 Å². The van der Waals surface area contributed by atoms with Gasteiger partial charge in [-0.05, 0) is 73.4 Å². The van der Waals surface area contributed by atoms with Gasteiger partial charge in [-0.1, -0.05) is 27.7 Å². The second-order valence-electron chi connectivity index (χ2n) is 9.65. The maximum absolute atomic E-state index is 13.0. The molecule has 1 aromatic heterocycles. The van der Waals surface area contributed by atoms with Crippen LogP contribution in [0.4, 0.5) is 11.5 Å². The Hall–Kier alpha value is -2.69. The molecular weight excluding hydrogens is 398 g/mol. The number of anilines is 2. The second-order valence-corrected chi connectivity index (χ2v) is 9.65. The first-order chi connectivity index (χ1) is 15.4. The quantitative estimate of drug-likeness (QED) is 0.589. The lowest BCUT2D eigenvalue weighted by molar-refractivity contribution is 0.0696. The molecule has 170 valence electrons. The average molecular weight is 434 g/mol. The number of carbonyl (C=O) groups excluding carboxylic acids is 2. The summed E-state index contributed by atoms with van der Waals surface area (Å²) in [5.74, 6) is 1.92. The third kappa shape index (κ3) is 4.43. The number of aromatic nitrogens is 1. The maximum atomic E-state index is 13.0. The summed E-state index contributed by atoms with van der Waals surface area (Å²) in [6, 6.07) is 8.20. The lowest BCUT2D eigenvalue weighted by Gasteiger charge is -2.32. The molecule has 0 spiro atoms. The molecule has 2 aromatic rings. The van der Waals surface area contributed by atoms with Crippen LogP contribution in [0.1, 0.15) is 78.8 Å². The minimum Gasteiger partial charge on any atom is -0.339 e. The van der Waals surface area contributed by atoms with Gasteiger partial charge in [0.05, 0.1) is 5.56 Å². The number of benzene rings is 1. The third-order valence-electron chi connectivity index (χ3n) is 6.92. The summed E-state index contributed by atoms with van der Waals surface area (Å²) in [5.41, 5.74) is 4.81. The number of likely N-dealkylation sites (tertiary alicyclic amines) is 1. The van der Waals surface area contributed by atoms with Crippen LogP contribution in [0.2, 0.25) is 0 Å². The van der Waals surface area contributed by atoms with E-state index < -0.39 is 0 Å². The minimum absolute atomic E-state index is 0.0115. The van der Waals surface area contributed by atoms with Crippen LogP contribution in [0, 0.1) is 11.8 Å². The van der Waals surface area contributed by atoms with Crippen LogP contribution in [-0.4, -0.2) is 41.2 Å². The van der Waals surface area contributed by atoms with Gasteiger partial charge in [-0.25, -0.2) is 4.98 Å². The molecule has 1 amide bonds. The lowest BCUT2D eigenvalue weighted by atomic mass is 9.94. The molecule has 0 N–H and O–H groups in total. The molecule has 0 aliphatic carbocycles. The largest absolute Gasteiger partial charge is 0.339 e. The molecular formula is C27H35N3O2. The van der Waals surface area contributed by atoms with Crippen LogP contribution in [0.25, 0.3) is 0 Å². The normalized spacial score (nSPS) is 16.9. The van der Waals surface area contributed by atoms with Crippen molar-refractivity contribution in [1.29, 1.82) is 0 Å². The molecule has 0 bridgehead atoms. The molecule has 0 radical (unpaired) electrons. The Balaban J connectivity index is 1.60. The van der Waals surface area contributed by atoms with E-state index in [1.165, 1.54) is 0 Å². The number of amides is 1. The number of aryl methyl sites for hydroxylation is 2. The Bertz CT molecular complexity index is 1010. The Kier molecular flexibility index (Phi) is 6.63. The number of ketones is 1. The van der Waals surface area contributed by atoms with E-state index in [9.17, 15) is 9.59 Å². The van der Waals surface area contributed by atoms with Gasteiger partial charge in [-0.2, -0.15) is 0 Å². The average Bonchev–Trinajstić information content (AvgIpc) is 2.82. The molecule has 2 aliphatic heterocycles. The number of carbonyl (C=O) groups is 2. The molecule has 1 saturated heterocycles. The Labute approximate surface area is 191 Å². The van der Waals surface area contributed by atoms with Gasteiger partial charge in [-0.3, -0.25) is 9.59 Å². The lowest BCUT2D eigenvalue weighted by Crippen LogP contribution is -2.38. The predicted octanol–water partition coefficient (Wildman–Crippen LogP) is 5.44. The summed E-state index contributed by atoms with van der Waals surface area (Å²) < 4.78 is 0. The first-order valence-corrected chi connectivity index (χ1v) is 12.1. The predicted molar refractivity (Wildman–Crippen MR) is 129 cm³/mol. The van der Waals surface area contributed by atoms with E-state index in [1.54, 1.807) is 6.20 Å². The topological polar surface area (TPSA) is 53.5 Å². The van der Waals surface area contributed by atoms with Crippen molar-refractivity contribution < 1.29 is 9.59 Å². The SMILES string of the molecule is CCc1cc(N2CCCc3cc(C(=O)N4CCC(C)CC4)cnc32)ccc1C(=O)C(C)C. The van der Waals surface area contributed by atoms with Crippen molar-refractivity contribution in [2.45, 2.75) is 59.8 Å². The Morgan fingerprint density at radius 2 is 1.88 bits per heavy atom. The number of Topliss-reactive ketones (excluding diaryl/α,β-unsaturated/α-hetero) is 1. The van der Waals surface area contributed by atoms with Crippen LogP contribution in [-0.2, 0) is 12.8 Å². The zero-order chi connectivity index (χ0) is 22.8. The van der Waals surface area contributed by atoms with Crippen molar-refractivity contribution in [1.82, 2.24) is 9.88 Å². The number of hydrogen-bond acceptors (Lipinski definition) is 4. The maximum Gasteiger partial charge on any atom is 0.255 e. The Morgan fingerprint density at radius 1 is 1.12 bits per heavy atom. The van der Waals surface area contributed by atoms with E-state index in [0.29, 0.717) is 11.5 Å². The minimum atomic E-state index is -0.0115. The summed E-state index contributed by atoms with van der Waals surface area (Å²) in [7, 11) is 0. The molecule has 4 rings (SSSR count). The number of piperidine rings is 1. The molecule has 3 heterocycles. The molecule has 5 heteroatoms. The van der Waals surface area contributed by atoms with E-state index in [0.717, 1.165) is 79.9 Å². The van der Waals surface area contributed by atoms with Gasteiger partial charge >= 0.3 is 0 Å². The van der Waals surface area contributed by atoms with E-state index in [-0.39, 0.29) is 17.6 Å². The number of nitrogens with zero attached hydrogens (tertiary/aromatic N) is 3. The van der Waals surface area contributed by atoms with Crippen molar-refractivity contribution in [3.63, 3.8) is 0 Å². The van der Waals surface area contributed by atoms with Crippen LogP contribution < -0.4 is 4.90 Å². The summed E-state index contributed by atoms with van der Waals surface area (Å²) in [5, 5.41) is 0. The highest BCUT2D eigenvalue weighted by atomic mass is 16.2. The molecule has 0 unspecified atom stereocenters. The van der Waals surface area contributed by atoms with Crippen molar-refractivity contribution >= 4 is 23.2 Å². The van der Waals surface area contributed by atoms with Crippen LogP contribution >= 0.6 is 0 Å². The number of pyridine rings is 1. The third-order valence-corrected chi connectivity index (χ3v) is 6.92. The van der Waals surface area contributed by atoms with Gasteiger partial charge in [0.1, 0.15) is 5.82 Å². The fraction of sp³-hybridized carbons (Fsp3) is 0.519. The molecule has 2 aliphatic rings. The molecule has 5 nitrogen and oxygen atoms in total. The van der Waals surface area contributed by atoms with Gasteiger partial charge in [0.15, 0.2) is 5.78 Å². The number of fused-ring (bicyclic) bond motifs is 1. The van der Waals surface area contributed by atoms with Crippen LogP contribution in [0.5, 0.6) is 0 Å². The fourth-order valence-electron chi connectivity index (χ4n) is 4.82. The first-order valence-electron chi connectivity index (χ1n) is 12.1. The smallest absolute Gasteiger partial charge is 0.255 e. The monoisotopic (exact) mass is 433 g/mol. The standard InChI is InChI=1S/C27H35N3O2/c1-5-20-16-23(8-9-24(20)25(31)18(2)3)30-12-6-7-21-15-22(17-28-26(21)30)27(32)29-13-10-19(4)11-14-29/h8-9,15-19H,5-7,10-14H2,1-4H3. The van der Waals surface area contributed by atoms with Crippen molar-refractivity contribution in [2.75, 3.05) is 24.5 Å². The molecule has 1 aromatic carbocycles. The number of hydrogen-bond donors (Lipinski definition) is 0. The van der Waals surface area contributed by atoms with Crippen LogP contribution in [0.3, 0.4) is 0 Å². The highest BCUT2D eigenvalue weighted by Gasteiger charge is 2.26. The van der Waals surface area contributed by atoms with Gasteiger partial charge < -0.3 is 9.80 Å². The highest BCUT2D eigenvalue weighted by Crippen LogP contribution is 2.34. The molecule has 0 atom stereocenters.